The third-order valence-corrected chi connectivity index (χ3v) is 11.7. The highest BCUT2D eigenvalue weighted by atomic mass is 35.5. The van der Waals surface area contributed by atoms with Crippen LogP contribution in [0, 0.1) is 6.92 Å². The van der Waals surface area contributed by atoms with Crippen LogP contribution in [0.4, 0.5) is 11.4 Å². The van der Waals surface area contributed by atoms with Crippen molar-refractivity contribution >= 4 is 49.7 Å². The number of rotatable bonds is 14. The molecular formula is C40H47ClN6O3Si. The number of aryl methyl sites for hydroxylation is 1. The van der Waals surface area contributed by atoms with Gasteiger partial charge in [0.15, 0.2) is 5.69 Å². The molecule has 1 saturated heterocycles. The van der Waals surface area contributed by atoms with Crippen molar-refractivity contribution in [3.05, 3.63) is 99.8 Å². The molecule has 2 unspecified atom stereocenters. The average molecular weight is 723 g/mol. The average Bonchev–Trinajstić information content (AvgIpc) is 4.05. The highest BCUT2D eigenvalue weighted by molar-refractivity contribution is 6.57. The summed E-state index contributed by atoms with van der Waals surface area (Å²) in [7, 11) is 0.247. The van der Waals surface area contributed by atoms with Crippen molar-refractivity contribution in [3.63, 3.8) is 0 Å². The van der Waals surface area contributed by atoms with Gasteiger partial charge in [0.05, 0.1) is 16.4 Å². The fourth-order valence-electron chi connectivity index (χ4n) is 7.31. The number of nitrogens with zero attached hydrogens (tertiary/aromatic N) is 4. The first-order valence-corrected chi connectivity index (χ1v) is 19.7. The summed E-state index contributed by atoms with van der Waals surface area (Å²) in [5.41, 5.74) is 7.91. The Morgan fingerprint density at radius 1 is 1.02 bits per heavy atom. The lowest BCUT2D eigenvalue weighted by Gasteiger charge is -2.36. The topological polar surface area (TPSA) is 95.0 Å². The quantitative estimate of drug-likeness (QED) is 0.106. The molecule has 2 amide bonds. The van der Waals surface area contributed by atoms with Crippen LogP contribution in [0.1, 0.15) is 98.3 Å². The lowest BCUT2D eigenvalue weighted by atomic mass is 9.92. The van der Waals surface area contributed by atoms with Crippen LogP contribution in [0.2, 0.25) is 5.02 Å². The summed E-state index contributed by atoms with van der Waals surface area (Å²) in [6.45, 7) is 10.2. The van der Waals surface area contributed by atoms with Gasteiger partial charge in [-0.2, -0.15) is 5.10 Å². The summed E-state index contributed by atoms with van der Waals surface area (Å²) in [6, 6.07) is 22.7. The summed E-state index contributed by atoms with van der Waals surface area (Å²) in [5.74, 6) is -0.166. The third-order valence-electron chi connectivity index (χ3n) is 10.3. The molecule has 3 aliphatic rings. The maximum atomic E-state index is 13.8. The number of fused-ring (bicyclic) bond motifs is 1. The number of aromatic nitrogens is 2. The number of carbonyl (C=O) groups is 2. The lowest BCUT2D eigenvalue weighted by molar-refractivity contribution is -0.114. The van der Waals surface area contributed by atoms with E-state index in [1.54, 1.807) is 0 Å². The Morgan fingerprint density at radius 2 is 1.76 bits per heavy atom. The first kappa shape index (κ1) is 35.4. The number of halogens is 1. The SMILES string of the molecule is CCCCN(CCCC)C(=O)c1cc(C)n(-c2ccc(N[Si]c3ccc(NC(C)=O)c(Cl)c3)cc2C2OC2N2Cc3ccccc3CC23CC3)n1. The first-order valence-electron chi connectivity index (χ1n) is 18.3. The van der Waals surface area contributed by atoms with Crippen molar-refractivity contribution in [1.82, 2.24) is 19.6 Å². The maximum Gasteiger partial charge on any atom is 0.274 e. The van der Waals surface area contributed by atoms with E-state index in [1.807, 2.05) is 40.8 Å². The summed E-state index contributed by atoms with van der Waals surface area (Å²) in [5, 5.41) is 9.24. The molecule has 266 valence electrons. The van der Waals surface area contributed by atoms with Crippen LogP contribution < -0.4 is 15.5 Å². The number of unbranched alkanes of at least 4 members (excludes halogenated alkanes) is 2. The minimum absolute atomic E-state index is 0.00817. The van der Waals surface area contributed by atoms with E-state index in [0.717, 1.165) is 79.6 Å². The number of epoxide rings is 1. The monoisotopic (exact) mass is 722 g/mol. The van der Waals surface area contributed by atoms with Gasteiger partial charge in [-0.15, -0.1) is 0 Å². The van der Waals surface area contributed by atoms with Crippen LogP contribution in [0.25, 0.3) is 5.69 Å². The largest absolute Gasteiger partial charge is 0.408 e. The molecule has 1 saturated carbocycles. The Bertz CT molecular complexity index is 1920. The summed E-state index contributed by atoms with van der Waals surface area (Å²) in [4.78, 5) is 33.5. The van der Waals surface area contributed by atoms with Gasteiger partial charge in [0.1, 0.15) is 12.3 Å². The van der Waals surface area contributed by atoms with Crippen LogP contribution in [-0.2, 0) is 22.5 Å². The fourth-order valence-corrected chi connectivity index (χ4v) is 8.45. The number of hydrogen-bond donors (Lipinski definition) is 2. The van der Waals surface area contributed by atoms with Gasteiger partial charge < -0.3 is 19.9 Å². The molecule has 51 heavy (non-hydrogen) atoms. The van der Waals surface area contributed by atoms with Crippen LogP contribution in [0.15, 0.2) is 66.7 Å². The third kappa shape index (κ3) is 7.65. The molecule has 3 aromatic carbocycles. The standard InChI is InChI=1S/C40H47ClN6O3Si/c1-5-7-19-45(20-8-6-2)38(49)35-21-26(3)47(43-35)36-16-13-30(44-51-31-14-15-34(33(41)23-31)42-27(4)48)22-32(36)37-39(50-37)46-25-29-12-10-9-11-28(29)24-40(46)17-18-40/h9-16,21-23,37,39,44H,5-8,17-20,24-25H2,1-4H3,(H,42,48). The van der Waals surface area contributed by atoms with Crippen LogP contribution in [0.5, 0.6) is 0 Å². The van der Waals surface area contributed by atoms with Crippen molar-refractivity contribution in [3.8, 4) is 5.69 Å². The lowest BCUT2D eigenvalue weighted by Crippen LogP contribution is -2.44. The second kappa shape index (κ2) is 14.9. The minimum Gasteiger partial charge on any atom is -0.408 e. The normalized spacial score (nSPS) is 18.7. The minimum atomic E-state index is -0.158. The summed E-state index contributed by atoms with van der Waals surface area (Å²) < 4.78 is 8.55. The molecular weight excluding hydrogens is 676 g/mol. The van der Waals surface area contributed by atoms with E-state index in [0.29, 0.717) is 16.4 Å². The first-order chi connectivity index (χ1) is 24.7. The van der Waals surface area contributed by atoms with E-state index in [1.165, 1.54) is 30.9 Å². The number of anilines is 2. The molecule has 4 aromatic rings. The Balaban J connectivity index is 1.18. The highest BCUT2D eigenvalue weighted by Crippen LogP contribution is 2.56. The number of carbonyl (C=O) groups excluding carboxylic acids is 2. The predicted octanol–water partition coefficient (Wildman–Crippen LogP) is 7.18. The van der Waals surface area contributed by atoms with Crippen LogP contribution in [0.3, 0.4) is 0 Å². The zero-order chi connectivity index (χ0) is 35.7. The van der Waals surface area contributed by atoms with E-state index in [9.17, 15) is 9.59 Å². The highest BCUT2D eigenvalue weighted by Gasteiger charge is 2.59. The molecule has 9 nitrogen and oxygen atoms in total. The van der Waals surface area contributed by atoms with Gasteiger partial charge in [-0.05, 0) is 91.7 Å². The van der Waals surface area contributed by atoms with Gasteiger partial charge in [0, 0.05) is 49.0 Å². The molecule has 1 spiro atoms. The maximum absolute atomic E-state index is 13.8. The smallest absolute Gasteiger partial charge is 0.274 e. The van der Waals surface area contributed by atoms with E-state index >= 15 is 0 Å². The van der Waals surface area contributed by atoms with Gasteiger partial charge >= 0.3 is 0 Å². The molecule has 2 atom stereocenters. The zero-order valence-electron chi connectivity index (χ0n) is 30.0. The number of hydrogen-bond acceptors (Lipinski definition) is 6. The van der Waals surface area contributed by atoms with Gasteiger partial charge in [-0.1, -0.05) is 68.6 Å². The molecule has 1 aromatic heterocycles. The number of amides is 2. The van der Waals surface area contributed by atoms with Crippen molar-refractivity contribution in [2.45, 2.75) is 97.1 Å². The number of nitrogens with one attached hydrogen (secondary N) is 2. The Morgan fingerprint density at radius 3 is 2.45 bits per heavy atom. The van der Waals surface area contributed by atoms with E-state index in [4.69, 9.17) is 21.4 Å². The molecule has 2 radical (unpaired) electrons. The van der Waals surface area contributed by atoms with Crippen molar-refractivity contribution in [2.24, 2.45) is 0 Å². The van der Waals surface area contributed by atoms with Crippen LogP contribution >= 0.6 is 11.6 Å². The molecule has 1 aliphatic carbocycles. The van der Waals surface area contributed by atoms with Crippen molar-refractivity contribution in [2.75, 3.05) is 23.4 Å². The summed E-state index contributed by atoms with van der Waals surface area (Å²) in [6.07, 6.45) is 7.29. The Hall–Kier alpha value is -3.96. The van der Waals surface area contributed by atoms with Gasteiger partial charge in [0.25, 0.3) is 5.91 Å². The molecule has 7 rings (SSSR count). The van der Waals surface area contributed by atoms with E-state index in [-0.39, 0.29) is 39.4 Å². The van der Waals surface area contributed by atoms with E-state index in [2.05, 4.69) is 71.5 Å². The van der Waals surface area contributed by atoms with Gasteiger partial charge in [-0.3, -0.25) is 14.5 Å². The zero-order valence-corrected chi connectivity index (χ0v) is 31.7. The van der Waals surface area contributed by atoms with Gasteiger partial charge in [0.2, 0.25) is 15.6 Å². The molecule has 0 bridgehead atoms. The van der Waals surface area contributed by atoms with E-state index < -0.39 is 0 Å². The molecule has 11 heteroatoms. The van der Waals surface area contributed by atoms with Crippen molar-refractivity contribution in [1.29, 1.82) is 0 Å². The molecule has 2 fully saturated rings. The second-order valence-corrected chi connectivity index (χ2v) is 15.7. The number of benzene rings is 3. The molecule has 2 N–H and O–H groups in total. The molecule has 3 heterocycles. The second-order valence-electron chi connectivity index (χ2n) is 14.2. The summed E-state index contributed by atoms with van der Waals surface area (Å²) >= 11 is 6.48. The fraction of sp³-hybridized carbons (Fsp3) is 0.425. The predicted molar refractivity (Wildman–Crippen MR) is 204 cm³/mol. The Kier molecular flexibility index (Phi) is 10.4. The number of ether oxygens (including phenoxy) is 1. The Labute approximate surface area is 308 Å². The van der Waals surface area contributed by atoms with Crippen molar-refractivity contribution < 1.29 is 14.3 Å². The molecule has 2 aliphatic heterocycles. The van der Waals surface area contributed by atoms with Gasteiger partial charge in [-0.25, -0.2) is 4.68 Å². The van der Waals surface area contributed by atoms with Crippen LogP contribution in [-0.4, -0.2) is 65.9 Å².